The lowest BCUT2D eigenvalue weighted by atomic mass is 9.44. The normalized spacial score (nSPS) is 34.1. The minimum atomic E-state index is -0.596. The van der Waals surface area contributed by atoms with Gasteiger partial charge in [-0.2, -0.15) is 5.10 Å². The van der Waals surface area contributed by atoms with Gasteiger partial charge in [-0.05, 0) is 43.4 Å². The van der Waals surface area contributed by atoms with Gasteiger partial charge in [-0.1, -0.05) is 0 Å². The first-order valence-electron chi connectivity index (χ1n) is 7.73. The van der Waals surface area contributed by atoms with Crippen LogP contribution in [0.25, 0.3) is 0 Å². The Labute approximate surface area is 133 Å². The van der Waals surface area contributed by atoms with Crippen molar-refractivity contribution in [3.05, 3.63) is 5.01 Å². The first kappa shape index (κ1) is 13.0. The van der Waals surface area contributed by atoms with Crippen LogP contribution in [0.3, 0.4) is 0 Å². The topological polar surface area (TPSA) is 66.4 Å². The van der Waals surface area contributed by atoms with E-state index < -0.39 is 5.54 Å². The summed E-state index contributed by atoms with van der Waals surface area (Å²) in [4.78, 5) is 29.1. The van der Waals surface area contributed by atoms with Gasteiger partial charge >= 0.3 is 6.03 Å². The summed E-state index contributed by atoms with van der Waals surface area (Å²) >= 11 is 1.28. The summed E-state index contributed by atoms with van der Waals surface area (Å²) < 4.78 is 0. The number of nitrogens with zero attached hydrogens (tertiary/aromatic N) is 4. The Morgan fingerprint density at radius 3 is 2.45 bits per heavy atom. The maximum Gasteiger partial charge on any atom is 0.328 e. The molecule has 8 heteroatoms. The molecule has 6 rings (SSSR count). The molecule has 1 aromatic rings. The van der Waals surface area contributed by atoms with Gasteiger partial charge in [0.05, 0.1) is 11.5 Å². The van der Waals surface area contributed by atoms with Crippen LogP contribution in [0.4, 0.5) is 4.79 Å². The molecule has 112 valence electrons. The van der Waals surface area contributed by atoms with Gasteiger partial charge in [-0.3, -0.25) is 9.69 Å². The third-order valence-electron chi connectivity index (χ3n) is 5.78. The zero-order valence-corrected chi connectivity index (χ0v) is 12.9. The van der Waals surface area contributed by atoms with Crippen LogP contribution in [-0.2, 0) is 11.3 Å². The van der Waals surface area contributed by atoms with Crippen LogP contribution in [0, 0.1) is 11.3 Å². The van der Waals surface area contributed by atoms with E-state index in [-0.39, 0.29) is 17.4 Å². The predicted octanol–water partition coefficient (Wildman–Crippen LogP) is 0.429. The van der Waals surface area contributed by atoms with Crippen LogP contribution in [0.2, 0.25) is 0 Å². The lowest BCUT2D eigenvalue weighted by Crippen LogP contribution is -2.58. The molecule has 1 aromatic heterocycles. The number of carbonyl (C=O) groups excluding carboxylic acids is 2. The molecule has 0 N–H and O–H groups in total. The molecule has 5 aliphatic rings. The first-order chi connectivity index (χ1) is 10.5. The van der Waals surface area contributed by atoms with E-state index in [4.69, 9.17) is 7.85 Å². The molecule has 4 saturated carbocycles. The van der Waals surface area contributed by atoms with Gasteiger partial charge in [0.1, 0.15) is 10.5 Å². The van der Waals surface area contributed by atoms with Crippen molar-refractivity contribution in [2.24, 2.45) is 11.3 Å². The van der Waals surface area contributed by atoms with Crippen molar-refractivity contribution in [1.29, 1.82) is 0 Å². The van der Waals surface area contributed by atoms with Gasteiger partial charge in [0.25, 0.3) is 5.91 Å². The Kier molecular flexibility index (Phi) is 2.31. The number of rotatable bonds is 4. The molecule has 2 bridgehead atoms. The number of hydrogen-bond donors (Lipinski definition) is 0. The van der Waals surface area contributed by atoms with E-state index in [0.717, 1.165) is 18.8 Å². The molecule has 2 heterocycles. The Balaban J connectivity index is 1.40. The fourth-order valence-corrected chi connectivity index (χ4v) is 4.99. The Bertz CT molecular complexity index is 684. The highest BCUT2D eigenvalue weighted by molar-refractivity contribution is 7.19. The number of imide groups is 1. The molecule has 1 spiro atoms. The maximum atomic E-state index is 12.8. The summed E-state index contributed by atoms with van der Waals surface area (Å²) in [5, 5.41) is 8.47. The minimum absolute atomic E-state index is 0.000266. The summed E-state index contributed by atoms with van der Waals surface area (Å²) in [6, 6.07) is -0.152. The second-order valence-corrected chi connectivity index (χ2v) is 8.40. The second-order valence-electron chi connectivity index (χ2n) is 7.30. The zero-order chi connectivity index (χ0) is 15.1. The largest absolute Gasteiger partial charge is 0.328 e. The van der Waals surface area contributed by atoms with E-state index in [9.17, 15) is 9.59 Å². The van der Waals surface area contributed by atoms with Crippen molar-refractivity contribution in [2.75, 3.05) is 6.54 Å². The summed E-state index contributed by atoms with van der Waals surface area (Å²) in [6.45, 7) is 0.948. The molecule has 3 amide bonds. The molecule has 4 aliphatic carbocycles. The quantitative estimate of drug-likeness (QED) is 0.597. The Morgan fingerprint density at radius 2 is 1.95 bits per heavy atom. The average molecular weight is 314 g/mol. The van der Waals surface area contributed by atoms with E-state index in [0.29, 0.717) is 23.0 Å². The van der Waals surface area contributed by atoms with Crippen LogP contribution in [0.5, 0.6) is 0 Å². The lowest BCUT2D eigenvalue weighted by molar-refractivity contribution is -0.143. The third kappa shape index (κ3) is 1.56. The van der Waals surface area contributed by atoms with Crippen molar-refractivity contribution in [2.45, 2.75) is 44.2 Å². The van der Waals surface area contributed by atoms with Gasteiger partial charge in [-0.25, -0.2) is 4.79 Å². The van der Waals surface area contributed by atoms with Gasteiger partial charge in [0, 0.05) is 6.54 Å². The molecule has 22 heavy (non-hydrogen) atoms. The number of urea groups is 1. The SMILES string of the molecule is [B]c1nnc(CN2C(=O)N(CC34CC(C3)C4)C(=O)C23CC3)s1. The van der Waals surface area contributed by atoms with E-state index in [1.807, 2.05) is 0 Å². The molecule has 1 saturated heterocycles. The van der Waals surface area contributed by atoms with Crippen LogP contribution in [0.1, 0.15) is 37.1 Å². The first-order valence-corrected chi connectivity index (χ1v) is 8.55. The standard InChI is InChI=1S/C14H15BN4O2S/c15-11-17-16-9(22-11)6-19-12(21)18(10(20)14(19)1-2-14)7-13-3-8(4-13)5-13/h8H,1-7H2. The summed E-state index contributed by atoms with van der Waals surface area (Å²) in [7, 11) is 5.60. The monoisotopic (exact) mass is 314 g/mol. The molecular weight excluding hydrogens is 299 g/mol. The van der Waals surface area contributed by atoms with Crippen molar-refractivity contribution in [1.82, 2.24) is 20.0 Å². The van der Waals surface area contributed by atoms with Crippen molar-refractivity contribution in [3.63, 3.8) is 0 Å². The molecule has 5 fully saturated rings. The molecule has 0 aromatic carbocycles. The molecule has 0 atom stereocenters. The van der Waals surface area contributed by atoms with Crippen LogP contribution < -0.4 is 4.91 Å². The lowest BCUT2D eigenvalue weighted by Gasteiger charge is -2.62. The molecular formula is C14H15BN4O2S. The highest BCUT2D eigenvalue weighted by Crippen LogP contribution is 2.65. The van der Waals surface area contributed by atoms with E-state index in [1.54, 1.807) is 4.90 Å². The Morgan fingerprint density at radius 1 is 1.23 bits per heavy atom. The number of hydrogen-bond acceptors (Lipinski definition) is 5. The number of amides is 3. The van der Waals surface area contributed by atoms with Gasteiger partial charge in [-0.15, -0.1) is 16.4 Å². The maximum absolute atomic E-state index is 12.8. The molecule has 1 aliphatic heterocycles. The van der Waals surface area contributed by atoms with Crippen molar-refractivity contribution < 1.29 is 9.59 Å². The van der Waals surface area contributed by atoms with E-state index in [1.165, 1.54) is 35.5 Å². The summed E-state index contributed by atoms with van der Waals surface area (Å²) in [6.07, 6.45) is 5.08. The smallest absolute Gasteiger partial charge is 0.303 e. The average Bonchev–Trinajstić information content (AvgIpc) is 3.06. The highest BCUT2D eigenvalue weighted by Gasteiger charge is 2.67. The molecule has 6 nitrogen and oxygen atoms in total. The summed E-state index contributed by atoms with van der Waals surface area (Å²) in [5.74, 6) is 0.850. The van der Waals surface area contributed by atoms with Crippen LogP contribution in [0.15, 0.2) is 0 Å². The Hall–Kier alpha value is -1.44. The van der Waals surface area contributed by atoms with Crippen molar-refractivity contribution in [3.8, 4) is 0 Å². The summed E-state index contributed by atoms with van der Waals surface area (Å²) in [5.41, 5.74) is -0.351. The van der Waals surface area contributed by atoms with E-state index >= 15 is 0 Å². The number of aromatic nitrogens is 2. The van der Waals surface area contributed by atoms with Gasteiger partial charge in [0.2, 0.25) is 0 Å². The van der Waals surface area contributed by atoms with E-state index in [2.05, 4.69) is 10.2 Å². The molecule has 2 radical (unpaired) electrons. The fraction of sp³-hybridized carbons (Fsp3) is 0.714. The molecule has 0 unspecified atom stereocenters. The zero-order valence-electron chi connectivity index (χ0n) is 12.1. The van der Waals surface area contributed by atoms with Crippen LogP contribution in [-0.4, -0.2) is 51.9 Å². The minimum Gasteiger partial charge on any atom is -0.303 e. The van der Waals surface area contributed by atoms with Crippen LogP contribution >= 0.6 is 11.3 Å². The van der Waals surface area contributed by atoms with Crippen molar-refractivity contribution >= 4 is 36.0 Å². The second kappa shape index (κ2) is 3.90. The fourth-order valence-electron chi connectivity index (χ4n) is 4.40. The highest BCUT2D eigenvalue weighted by atomic mass is 32.1. The van der Waals surface area contributed by atoms with Gasteiger partial charge < -0.3 is 4.90 Å². The predicted molar refractivity (Wildman–Crippen MR) is 79.7 cm³/mol. The third-order valence-corrected chi connectivity index (χ3v) is 6.52. The number of carbonyl (C=O) groups is 2. The van der Waals surface area contributed by atoms with Gasteiger partial charge in [0.15, 0.2) is 7.85 Å².